The first kappa shape index (κ1) is 21.2. The van der Waals surface area contributed by atoms with Gasteiger partial charge in [-0.05, 0) is 48.7 Å². The fourth-order valence-electron chi connectivity index (χ4n) is 4.01. The van der Waals surface area contributed by atoms with Crippen molar-refractivity contribution in [2.24, 2.45) is 0 Å². The average Bonchev–Trinajstić information content (AvgIpc) is 3.19. The van der Waals surface area contributed by atoms with Crippen molar-refractivity contribution in [3.63, 3.8) is 0 Å². The van der Waals surface area contributed by atoms with E-state index in [9.17, 15) is 9.59 Å². The summed E-state index contributed by atoms with van der Waals surface area (Å²) in [4.78, 5) is 36.3. The minimum absolute atomic E-state index is 0.00637. The Labute approximate surface area is 186 Å². The topological polar surface area (TPSA) is 81.3 Å². The Morgan fingerprint density at radius 3 is 3.00 bits per heavy atom. The predicted molar refractivity (Wildman–Crippen MR) is 121 cm³/mol. The number of halogens is 1. The highest BCUT2D eigenvalue weighted by atomic mass is 35.5. The van der Waals surface area contributed by atoms with Crippen LogP contribution in [0.2, 0.25) is 5.02 Å². The van der Waals surface area contributed by atoms with E-state index in [0.717, 1.165) is 41.5 Å². The number of likely N-dealkylation sites (N-methyl/N-ethyl adjacent to an activating group) is 1. The second-order valence-electron chi connectivity index (χ2n) is 7.97. The Hall–Kier alpha value is -3.06. The zero-order valence-corrected chi connectivity index (χ0v) is 18.2. The Bertz CT molecular complexity index is 1070. The number of likely N-dealkylation sites (tertiary alicyclic amines) is 1. The number of hydrogen-bond donors (Lipinski definition) is 2. The summed E-state index contributed by atoms with van der Waals surface area (Å²) < 4.78 is 0. The number of pyridine rings is 1. The van der Waals surface area contributed by atoms with Crippen molar-refractivity contribution >= 4 is 34.4 Å². The van der Waals surface area contributed by atoms with Gasteiger partial charge in [0.25, 0.3) is 0 Å². The number of piperidine rings is 1. The Morgan fingerprint density at radius 2 is 2.19 bits per heavy atom. The van der Waals surface area contributed by atoms with Gasteiger partial charge in [0.05, 0.1) is 19.0 Å². The highest BCUT2D eigenvalue weighted by molar-refractivity contribution is 6.31. The van der Waals surface area contributed by atoms with Gasteiger partial charge < -0.3 is 20.1 Å². The summed E-state index contributed by atoms with van der Waals surface area (Å²) in [5.74, 6) is 0.0724. The van der Waals surface area contributed by atoms with Crippen molar-refractivity contribution in [2.75, 3.05) is 20.1 Å². The molecule has 0 radical (unpaired) electrons. The monoisotopic (exact) mass is 439 g/mol. The molecule has 162 valence electrons. The molecule has 1 atom stereocenters. The largest absolute Gasteiger partial charge is 0.357 e. The van der Waals surface area contributed by atoms with Crippen LogP contribution in [0.25, 0.3) is 10.9 Å². The van der Waals surface area contributed by atoms with Gasteiger partial charge >= 0.3 is 6.03 Å². The van der Waals surface area contributed by atoms with Gasteiger partial charge in [-0.2, -0.15) is 0 Å². The lowest BCUT2D eigenvalue weighted by Crippen LogP contribution is -2.52. The van der Waals surface area contributed by atoms with E-state index in [2.05, 4.69) is 15.3 Å². The van der Waals surface area contributed by atoms with Gasteiger partial charge in [-0.15, -0.1) is 0 Å². The first-order valence-corrected chi connectivity index (χ1v) is 10.8. The third-order valence-corrected chi connectivity index (χ3v) is 6.00. The molecule has 1 aromatic carbocycles. The van der Waals surface area contributed by atoms with E-state index in [4.69, 9.17) is 11.6 Å². The first-order valence-electron chi connectivity index (χ1n) is 10.4. The van der Waals surface area contributed by atoms with E-state index < -0.39 is 0 Å². The Kier molecular flexibility index (Phi) is 6.42. The smallest absolute Gasteiger partial charge is 0.317 e. The molecule has 2 aromatic heterocycles. The summed E-state index contributed by atoms with van der Waals surface area (Å²) in [5, 5.41) is 4.66. The molecule has 1 aliphatic heterocycles. The van der Waals surface area contributed by atoms with E-state index >= 15 is 0 Å². The van der Waals surface area contributed by atoms with Crippen LogP contribution < -0.4 is 5.32 Å². The third-order valence-electron chi connectivity index (χ3n) is 5.76. The molecule has 1 fully saturated rings. The minimum Gasteiger partial charge on any atom is -0.357 e. The van der Waals surface area contributed by atoms with Gasteiger partial charge in [-0.3, -0.25) is 9.78 Å². The van der Waals surface area contributed by atoms with Gasteiger partial charge in [0.1, 0.15) is 0 Å². The molecule has 0 spiro atoms. The second kappa shape index (κ2) is 9.39. The van der Waals surface area contributed by atoms with Crippen molar-refractivity contribution in [2.45, 2.75) is 31.8 Å². The SMILES string of the molecule is CN(C(=O)NCc1cc2cc(Cl)ccc2[nH]1)[C@@H]1CCCN(C(=O)Cc2cccnc2)C1. The quantitative estimate of drug-likeness (QED) is 0.637. The zero-order chi connectivity index (χ0) is 21.8. The van der Waals surface area contributed by atoms with E-state index in [1.807, 2.05) is 41.3 Å². The van der Waals surface area contributed by atoms with Crippen molar-refractivity contribution in [1.82, 2.24) is 25.1 Å². The second-order valence-corrected chi connectivity index (χ2v) is 8.41. The number of H-pyrrole nitrogens is 1. The summed E-state index contributed by atoms with van der Waals surface area (Å²) in [6, 6.07) is 11.2. The number of hydrogen-bond acceptors (Lipinski definition) is 3. The van der Waals surface area contributed by atoms with Crippen LogP contribution in [-0.4, -0.2) is 57.9 Å². The molecule has 1 saturated heterocycles. The Balaban J connectivity index is 1.31. The van der Waals surface area contributed by atoms with E-state index in [0.29, 0.717) is 24.5 Å². The van der Waals surface area contributed by atoms with Crippen LogP contribution in [0, 0.1) is 0 Å². The molecule has 0 bridgehead atoms. The van der Waals surface area contributed by atoms with Crippen molar-refractivity contribution < 1.29 is 9.59 Å². The van der Waals surface area contributed by atoms with Crippen LogP contribution in [-0.2, 0) is 17.8 Å². The predicted octanol–water partition coefficient (Wildman–Crippen LogP) is 3.59. The number of urea groups is 1. The van der Waals surface area contributed by atoms with Crippen molar-refractivity contribution in [1.29, 1.82) is 0 Å². The molecular weight excluding hydrogens is 414 g/mol. The number of amides is 3. The fourth-order valence-corrected chi connectivity index (χ4v) is 4.19. The van der Waals surface area contributed by atoms with Gasteiger partial charge in [-0.1, -0.05) is 17.7 Å². The molecule has 0 saturated carbocycles. The zero-order valence-electron chi connectivity index (χ0n) is 17.5. The number of carbonyl (C=O) groups is 2. The van der Waals surface area contributed by atoms with Crippen LogP contribution in [0.1, 0.15) is 24.1 Å². The molecule has 0 aliphatic carbocycles. The van der Waals surface area contributed by atoms with Crippen molar-refractivity contribution in [3.05, 3.63) is 65.1 Å². The number of benzene rings is 1. The molecule has 2 N–H and O–H groups in total. The molecule has 3 aromatic rings. The number of fused-ring (bicyclic) bond motifs is 1. The number of nitrogens with zero attached hydrogens (tertiary/aromatic N) is 3. The van der Waals surface area contributed by atoms with Gasteiger partial charge in [-0.25, -0.2) is 4.79 Å². The lowest BCUT2D eigenvalue weighted by Gasteiger charge is -2.37. The maximum absolute atomic E-state index is 12.7. The highest BCUT2D eigenvalue weighted by Gasteiger charge is 2.28. The van der Waals surface area contributed by atoms with Crippen LogP contribution >= 0.6 is 11.6 Å². The summed E-state index contributed by atoms with van der Waals surface area (Å²) in [5.41, 5.74) is 2.80. The maximum atomic E-state index is 12.7. The molecule has 0 unspecified atom stereocenters. The lowest BCUT2D eigenvalue weighted by atomic mass is 10.0. The number of rotatable bonds is 5. The highest BCUT2D eigenvalue weighted by Crippen LogP contribution is 2.20. The summed E-state index contributed by atoms with van der Waals surface area (Å²) in [7, 11) is 1.79. The van der Waals surface area contributed by atoms with Crippen LogP contribution in [0.4, 0.5) is 4.79 Å². The molecule has 4 rings (SSSR count). The van der Waals surface area contributed by atoms with Crippen LogP contribution in [0.15, 0.2) is 48.8 Å². The van der Waals surface area contributed by atoms with Crippen LogP contribution in [0.5, 0.6) is 0 Å². The standard InChI is InChI=1S/C23H26ClN5O2/c1-28(23(31)26-14-19-12-17-11-18(24)6-7-21(17)27-19)20-5-3-9-29(15-20)22(30)10-16-4-2-8-25-13-16/h2,4,6-8,11-13,20,27H,3,5,9-10,14-15H2,1H3,(H,26,31)/t20-/m1/s1. The fraction of sp³-hybridized carbons (Fsp3) is 0.348. The molecule has 3 amide bonds. The Morgan fingerprint density at radius 1 is 1.32 bits per heavy atom. The summed E-state index contributed by atoms with van der Waals surface area (Å²) in [6.45, 7) is 1.67. The average molecular weight is 440 g/mol. The normalized spacial score (nSPS) is 16.3. The lowest BCUT2D eigenvalue weighted by molar-refractivity contribution is -0.132. The van der Waals surface area contributed by atoms with Crippen molar-refractivity contribution in [3.8, 4) is 0 Å². The number of aromatic nitrogens is 2. The molecule has 31 heavy (non-hydrogen) atoms. The van der Waals surface area contributed by atoms with Crippen LogP contribution in [0.3, 0.4) is 0 Å². The van der Waals surface area contributed by atoms with Gasteiger partial charge in [0, 0.05) is 54.2 Å². The molecule has 1 aliphatic rings. The van der Waals surface area contributed by atoms with E-state index in [1.54, 1.807) is 24.3 Å². The van der Waals surface area contributed by atoms with E-state index in [-0.39, 0.29) is 18.0 Å². The first-order chi connectivity index (χ1) is 15.0. The summed E-state index contributed by atoms with van der Waals surface area (Å²) in [6.07, 6.45) is 5.51. The number of aromatic amines is 1. The van der Waals surface area contributed by atoms with Gasteiger partial charge in [0.2, 0.25) is 5.91 Å². The third kappa shape index (κ3) is 5.17. The molecule has 7 nitrogen and oxygen atoms in total. The van der Waals surface area contributed by atoms with Gasteiger partial charge in [0.15, 0.2) is 0 Å². The molecular formula is C23H26ClN5O2. The van der Waals surface area contributed by atoms with E-state index in [1.165, 1.54) is 0 Å². The molecule has 8 heteroatoms. The number of nitrogens with one attached hydrogen (secondary N) is 2. The maximum Gasteiger partial charge on any atom is 0.317 e. The summed E-state index contributed by atoms with van der Waals surface area (Å²) >= 11 is 6.04. The molecule has 3 heterocycles. The number of carbonyl (C=O) groups excluding carboxylic acids is 2. The minimum atomic E-state index is -0.150.